The summed E-state index contributed by atoms with van der Waals surface area (Å²) in [6, 6.07) is 12.2. The molecule has 3 heterocycles. The van der Waals surface area contributed by atoms with Crippen molar-refractivity contribution in [1.29, 1.82) is 0 Å². The molecular weight excluding hydrogens is 282 g/mol. The fourth-order valence-electron chi connectivity index (χ4n) is 3.13. The minimum absolute atomic E-state index is 0.117. The lowest BCUT2D eigenvalue weighted by Gasteiger charge is -2.42. The van der Waals surface area contributed by atoms with Crippen LogP contribution >= 0.6 is 11.3 Å². The van der Waals surface area contributed by atoms with Gasteiger partial charge in [0, 0.05) is 24.9 Å². The molecule has 5 heteroatoms. The van der Waals surface area contributed by atoms with Crippen molar-refractivity contribution in [2.45, 2.75) is 12.1 Å². The van der Waals surface area contributed by atoms with Crippen LogP contribution in [0.2, 0.25) is 0 Å². The number of thiophene rings is 1. The molecule has 1 saturated heterocycles. The summed E-state index contributed by atoms with van der Waals surface area (Å²) in [4.78, 5) is 15.7. The van der Waals surface area contributed by atoms with Crippen molar-refractivity contribution in [2.75, 3.05) is 25.5 Å². The van der Waals surface area contributed by atoms with Gasteiger partial charge in [0.15, 0.2) is 0 Å². The molecule has 2 aromatic rings. The van der Waals surface area contributed by atoms with Crippen LogP contribution in [0.5, 0.6) is 0 Å². The maximum Gasteiger partial charge on any atom is 0.258 e. The van der Waals surface area contributed by atoms with Gasteiger partial charge < -0.3 is 15.5 Å². The molecule has 4 nitrogen and oxygen atoms in total. The van der Waals surface area contributed by atoms with Crippen LogP contribution in [0.25, 0.3) is 10.4 Å². The van der Waals surface area contributed by atoms with E-state index in [1.165, 1.54) is 0 Å². The Morgan fingerprint density at radius 1 is 1.29 bits per heavy atom. The van der Waals surface area contributed by atoms with E-state index in [9.17, 15) is 4.79 Å². The molecule has 1 fully saturated rings. The van der Waals surface area contributed by atoms with Crippen LogP contribution in [0.3, 0.4) is 0 Å². The lowest BCUT2D eigenvalue weighted by molar-refractivity contribution is 0.0624. The number of likely N-dealkylation sites (N-methyl/N-ethyl adjacent to an activating group) is 1. The van der Waals surface area contributed by atoms with Gasteiger partial charge in [0.2, 0.25) is 0 Å². The molecule has 1 aromatic heterocycles. The van der Waals surface area contributed by atoms with E-state index in [-0.39, 0.29) is 11.6 Å². The largest absolute Gasteiger partial charge is 0.353 e. The zero-order chi connectivity index (χ0) is 14.4. The van der Waals surface area contributed by atoms with Crippen molar-refractivity contribution in [3.8, 4) is 10.4 Å². The normalized spacial score (nSPS) is 24.2. The number of anilines is 1. The number of carbonyl (C=O) groups is 1. The third-order valence-electron chi connectivity index (χ3n) is 4.45. The first-order chi connectivity index (χ1) is 10.2. The van der Waals surface area contributed by atoms with E-state index in [0.29, 0.717) is 0 Å². The van der Waals surface area contributed by atoms with Gasteiger partial charge in [0.05, 0.1) is 5.56 Å². The first-order valence-corrected chi connectivity index (χ1v) is 7.98. The molecule has 2 aliphatic heterocycles. The number of benzene rings is 1. The monoisotopic (exact) mass is 299 g/mol. The molecule has 21 heavy (non-hydrogen) atoms. The quantitative estimate of drug-likeness (QED) is 0.851. The molecule has 1 spiro atoms. The van der Waals surface area contributed by atoms with E-state index in [2.05, 4.69) is 22.8 Å². The van der Waals surface area contributed by atoms with Gasteiger partial charge >= 0.3 is 0 Å². The van der Waals surface area contributed by atoms with E-state index in [1.54, 1.807) is 11.3 Å². The van der Waals surface area contributed by atoms with Crippen LogP contribution < -0.4 is 10.6 Å². The Morgan fingerprint density at radius 2 is 2.10 bits per heavy atom. The third kappa shape index (κ3) is 1.88. The Hall–Kier alpha value is -1.85. The van der Waals surface area contributed by atoms with Crippen LogP contribution in [0.4, 0.5) is 5.00 Å². The van der Waals surface area contributed by atoms with Crippen molar-refractivity contribution < 1.29 is 4.79 Å². The molecule has 0 aliphatic carbocycles. The minimum Gasteiger partial charge on any atom is -0.353 e. The molecule has 1 unspecified atom stereocenters. The molecule has 0 bridgehead atoms. The van der Waals surface area contributed by atoms with Gasteiger partial charge in [-0.15, -0.1) is 11.3 Å². The van der Waals surface area contributed by atoms with Gasteiger partial charge in [-0.3, -0.25) is 4.79 Å². The molecule has 1 aromatic carbocycles. The lowest BCUT2D eigenvalue weighted by atomic mass is 10.0. The van der Waals surface area contributed by atoms with E-state index < -0.39 is 0 Å². The summed E-state index contributed by atoms with van der Waals surface area (Å²) in [6.07, 6.45) is 0.938. The standard InChI is InChI=1S/C16H17N3OS/c1-19-15(20)12-9-13(11-5-3-2-4-6-11)21-14(12)18-16(19)7-8-17-10-16/h2-6,9,17-18H,7-8,10H2,1H3. The summed E-state index contributed by atoms with van der Waals surface area (Å²) in [6.45, 7) is 1.74. The third-order valence-corrected chi connectivity index (χ3v) is 5.55. The Labute approximate surface area is 127 Å². The summed E-state index contributed by atoms with van der Waals surface area (Å²) in [7, 11) is 1.89. The van der Waals surface area contributed by atoms with Crippen LogP contribution in [-0.2, 0) is 0 Å². The fraction of sp³-hybridized carbons (Fsp3) is 0.312. The van der Waals surface area contributed by atoms with Gasteiger partial charge in [-0.05, 0) is 18.2 Å². The van der Waals surface area contributed by atoms with E-state index in [0.717, 1.165) is 40.5 Å². The zero-order valence-electron chi connectivity index (χ0n) is 11.8. The SMILES string of the molecule is CN1C(=O)c2cc(-c3ccccc3)sc2NC12CCNC2. The Kier molecular flexibility index (Phi) is 2.80. The first kappa shape index (κ1) is 12.9. The Balaban J connectivity index is 1.78. The summed E-state index contributed by atoms with van der Waals surface area (Å²) in [5.41, 5.74) is 1.69. The smallest absolute Gasteiger partial charge is 0.258 e. The molecule has 2 N–H and O–H groups in total. The molecule has 1 atom stereocenters. The van der Waals surface area contributed by atoms with Crippen molar-refractivity contribution >= 4 is 22.2 Å². The predicted octanol–water partition coefficient (Wildman–Crippen LogP) is 2.60. The van der Waals surface area contributed by atoms with Crippen LogP contribution in [-0.4, -0.2) is 36.6 Å². The summed E-state index contributed by atoms with van der Waals surface area (Å²) < 4.78 is 0. The van der Waals surface area contributed by atoms with Gasteiger partial charge in [0.1, 0.15) is 10.7 Å². The van der Waals surface area contributed by atoms with Crippen molar-refractivity contribution in [3.63, 3.8) is 0 Å². The number of fused-ring (bicyclic) bond motifs is 1. The van der Waals surface area contributed by atoms with Crippen molar-refractivity contribution in [2.24, 2.45) is 0 Å². The van der Waals surface area contributed by atoms with E-state index in [4.69, 9.17) is 0 Å². The average molecular weight is 299 g/mol. The van der Waals surface area contributed by atoms with E-state index in [1.807, 2.05) is 36.2 Å². The van der Waals surface area contributed by atoms with Gasteiger partial charge in [0.25, 0.3) is 5.91 Å². The molecule has 1 amide bonds. The number of hydrogen-bond donors (Lipinski definition) is 2. The Bertz CT molecular complexity index is 689. The molecule has 2 aliphatic rings. The summed E-state index contributed by atoms with van der Waals surface area (Å²) in [5, 5.41) is 7.96. The summed E-state index contributed by atoms with van der Waals surface area (Å²) >= 11 is 1.67. The number of nitrogens with one attached hydrogen (secondary N) is 2. The van der Waals surface area contributed by atoms with E-state index >= 15 is 0 Å². The highest BCUT2D eigenvalue weighted by Crippen LogP contribution is 2.42. The topological polar surface area (TPSA) is 44.4 Å². The fourth-order valence-corrected chi connectivity index (χ4v) is 4.28. The van der Waals surface area contributed by atoms with Gasteiger partial charge in [-0.25, -0.2) is 0 Å². The predicted molar refractivity (Wildman–Crippen MR) is 85.7 cm³/mol. The second-order valence-electron chi connectivity index (χ2n) is 5.67. The van der Waals surface area contributed by atoms with Crippen molar-refractivity contribution in [3.05, 3.63) is 42.0 Å². The molecular formula is C16H17N3OS. The molecule has 0 saturated carbocycles. The highest BCUT2D eigenvalue weighted by molar-refractivity contribution is 7.19. The first-order valence-electron chi connectivity index (χ1n) is 7.16. The second kappa shape index (κ2) is 4.58. The average Bonchev–Trinajstić information content (AvgIpc) is 3.14. The number of amides is 1. The molecule has 0 radical (unpaired) electrons. The van der Waals surface area contributed by atoms with Gasteiger partial charge in [-0.2, -0.15) is 0 Å². The highest BCUT2D eigenvalue weighted by atomic mass is 32.1. The van der Waals surface area contributed by atoms with Crippen LogP contribution in [0.1, 0.15) is 16.8 Å². The molecule has 4 rings (SSSR count). The number of rotatable bonds is 1. The minimum atomic E-state index is -0.261. The second-order valence-corrected chi connectivity index (χ2v) is 6.72. The number of nitrogens with zero attached hydrogens (tertiary/aromatic N) is 1. The zero-order valence-corrected chi connectivity index (χ0v) is 12.7. The summed E-state index contributed by atoms with van der Waals surface area (Å²) in [5.74, 6) is 0.117. The van der Waals surface area contributed by atoms with Crippen molar-refractivity contribution in [1.82, 2.24) is 10.2 Å². The highest BCUT2D eigenvalue weighted by Gasteiger charge is 2.45. The Morgan fingerprint density at radius 3 is 2.81 bits per heavy atom. The number of hydrogen-bond acceptors (Lipinski definition) is 4. The maximum atomic E-state index is 12.7. The number of carbonyl (C=O) groups excluding carboxylic acids is 1. The van der Waals surface area contributed by atoms with Crippen LogP contribution in [0.15, 0.2) is 36.4 Å². The van der Waals surface area contributed by atoms with Crippen LogP contribution in [0, 0.1) is 0 Å². The maximum absolute atomic E-state index is 12.7. The van der Waals surface area contributed by atoms with Gasteiger partial charge in [-0.1, -0.05) is 30.3 Å². The molecule has 108 valence electrons. The lowest BCUT2D eigenvalue weighted by Crippen LogP contribution is -2.59.